The molecule has 0 spiro atoms. The van der Waals surface area contributed by atoms with Gasteiger partial charge in [-0.1, -0.05) is 26.2 Å². The molecule has 13 heavy (non-hydrogen) atoms. The fourth-order valence-corrected chi connectivity index (χ4v) is 2.32. The van der Waals surface area contributed by atoms with Gasteiger partial charge in [-0.2, -0.15) is 0 Å². The lowest BCUT2D eigenvalue weighted by Gasteiger charge is -2.25. The first-order chi connectivity index (χ1) is 6.29. The molecule has 0 aliphatic heterocycles. The third-order valence-corrected chi connectivity index (χ3v) is 3.14. The van der Waals surface area contributed by atoms with Crippen molar-refractivity contribution >= 4 is 0 Å². The SMILES string of the molecule is CCCC(OC)C(O)C1CCCC1. The molecule has 2 nitrogen and oxygen atoms in total. The lowest BCUT2D eigenvalue weighted by atomic mass is 9.94. The highest BCUT2D eigenvalue weighted by Gasteiger charge is 2.29. The van der Waals surface area contributed by atoms with Crippen molar-refractivity contribution in [3.8, 4) is 0 Å². The topological polar surface area (TPSA) is 29.5 Å². The van der Waals surface area contributed by atoms with Gasteiger partial charge in [-0.3, -0.25) is 0 Å². The van der Waals surface area contributed by atoms with Gasteiger partial charge in [0.05, 0.1) is 12.2 Å². The number of hydrogen-bond acceptors (Lipinski definition) is 2. The summed E-state index contributed by atoms with van der Waals surface area (Å²) in [4.78, 5) is 0. The van der Waals surface area contributed by atoms with Crippen LogP contribution < -0.4 is 0 Å². The summed E-state index contributed by atoms with van der Waals surface area (Å²) in [5.41, 5.74) is 0. The summed E-state index contributed by atoms with van der Waals surface area (Å²) in [6.45, 7) is 2.13. The monoisotopic (exact) mass is 186 g/mol. The van der Waals surface area contributed by atoms with E-state index in [2.05, 4.69) is 6.92 Å². The van der Waals surface area contributed by atoms with Crippen LogP contribution in [-0.4, -0.2) is 24.4 Å². The molecule has 0 amide bonds. The van der Waals surface area contributed by atoms with Crippen LogP contribution in [0.4, 0.5) is 0 Å². The van der Waals surface area contributed by atoms with Gasteiger partial charge < -0.3 is 9.84 Å². The number of hydrogen-bond donors (Lipinski definition) is 1. The first-order valence-electron chi connectivity index (χ1n) is 5.50. The van der Waals surface area contributed by atoms with Gasteiger partial charge in [-0.15, -0.1) is 0 Å². The fraction of sp³-hybridized carbons (Fsp3) is 1.00. The van der Waals surface area contributed by atoms with E-state index < -0.39 is 0 Å². The molecule has 0 aromatic rings. The Labute approximate surface area is 81.3 Å². The van der Waals surface area contributed by atoms with E-state index in [0.717, 1.165) is 12.8 Å². The molecule has 1 aliphatic carbocycles. The maximum atomic E-state index is 10.0. The minimum Gasteiger partial charge on any atom is -0.390 e. The van der Waals surface area contributed by atoms with Crippen LogP contribution in [0.15, 0.2) is 0 Å². The van der Waals surface area contributed by atoms with Gasteiger partial charge in [-0.05, 0) is 25.2 Å². The molecule has 1 saturated carbocycles. The van der Waals surface area contributed by atoms with E-state index in [1.54, 1.807) is 7.11 Å². The normalized spacial score (nSPS) is 23.3. The standard InChI is InChI=1S/C11H22O2/c1-3-6-10(13-2)11(12)9-7-4-5-8-9/h9-12H,3-8H2,1-2H3. The Bertz CT molecular complexity index is 130. The van der Waals surface area contributed by atoms with E-state index in [4.69, 9.17) is 4.74 Å². The molecule has 0 aromatic heterocycles. The van der Waals surface area contributed by atoms with E-state index in [9.17, 15) is 5.11 Å². The van der Waals surface area contributed by atoms with Crippen molar-refractivity contribution in [2.75, 3.05) is 7.11 Å². The van der Waals surface area contributed by atoms with E-state index in [-0.39, 0.29) is 12.2 Å². The van der Waals surface area contributed by atoms with Crippen molar-refractivity contribution < 1.29 is 9.84 Å². The molecule has 1 rings (SSSR count). The quantitative estimate of drug-likeness (QED) is 0.714. The minimum absolute atomic E-state index is 0.0631. The molecule has 2 heteroatoms. The van der Waals surface area contributed by atoms with E-state index >= 15 is 0 Å². The van der Waals surface area contributed by atoms with Gasteiger partial charge in [0.1, 0.15) is 0 Å². The summed E-state index contributed by atoms with van der Waals surface area (Å²) in [5.74, 6) is 0.497. The molecular formula is C11H22O2. The molecule has 1 fully saturated rings. The van der Waals surface area contributed by atoms with Crippen molar-refractivity contribution in [3.05, 3.63) is 0 Å². The van der Waals surface area contributed by atoms with Crippen LogP contribution in [-0.2, 0) is 4.74 Å². The largest absolute Gasteiger partial charge is 0.390 e. The molecule has 2 unspecified atom stereocenters. The average molecular weight is 186 g/mol. The summed E-state index contributed by atoms with van der Waals surface area (Å²) in [6, 6.07) is 0. The van der Waals surface area contributed by atoms with Crippen molar-refractivity contribution in [3.63, 3.8) is 0 Å². The lowest BCUT2D eigenvalue weighted by molar-refractivity contribution is -0.0441. The predicted molar refractivity (Wildman–Crippen MR) is 53.7 cm³/mol. The van der Waals surface area contributed by atoms with Gasteiger partial charge in [-0.25, -0.2) is 0 Å². The third-order valence-electron chi connectivity index (χ3n) is 3.14. The van der Waals surface area contributed by atoms with Crippen LogP contribution in [0.5, 0.6) is 0 Å². The van der Waals surface area contributed by atoms with Gasteiger partial charge in [0, 0.05) is 7.11 Å². The second-order valence-electron chi connectivity index (χ2n) is 4.10. The maximum absolute atomic E-state index is 10.0. The summed E-state index contributed by atoms with van der Waals surface area (Å²) >= 11 is 0. The Morgan fingerprint density at radius 1 is 1.38 bits per heavy atom. The Hall–Kier alpha value is -0.0800. The van der Waals surface area contributed by atoms with Crippen LogP contribution in [0, 0.1) is 5.92 Å². The fourth-order valence-electron chi connectivity index (χ4n) is 2.32. The maximum Gasteiger partial charge on any atom is 0.0832 e. The second kappa shape index (κ2) is 5.61. The second-order valence-corrected chi connectivity index (χ2v) is 4.10. The zero-order valence-corrected chi connectivity index (χ0v) is 8.83. The zero-order chi connectivity index (χ0) is 9.68. The minimum atomic E-state index is -0.229. The molecule has 0 radical (unpaired) electrons. The molecular weight excluding hydrogens is 164 g/mol. The van der Waals surface area contributed by atoms with Crippen LogP contribution in [0.25, 0.3) is 0 Å². The molecule has 0 bridgehead atoms. The van der Waals surface area contributed by atoms with Crippen molar-refractivity contribution in [1.29, 1.82) is 0 Å². The number of rotatable bonds is 5. The summed E-state index contributed by atoms with van der Waals surface area (Å²) in [5, 5.41) is 10.0. The molecule has 2 atom stereocenters. The number of ether oxygens (including phenoxy) is 1. The van der Waals surface area contributed by atoms with Crippen LogP contribution in [0.1, 0.15) is 45.4 Å². The van der Waals surface area contributed by atoms with E-state index in [1.165, 1.54) is 25.7 Å². The highest BCUT2D eigenvalue weighted by molar-refractivity contribution is 4.80. The first-order valence-corrected chi connectivity index (χ1v) is 5.50. The van der Waals surface area contributed by atoms with Crippen LogP contribution in [0.2, 0.25) is 0 Å². The summed E-state index contributed by atoms with van der Waals surface area (Å²) < 4.78 is 5.31. The van der Waals surface area contributed by atoms with Gasteiger partial charge in [0.15, 0.2) is 0 Å². The summed E-state index contributed by atoms with van der Waals surface area (Å²) in [7, 11) is 1.71. The van der Waals surface area contributed by atoms with Gasteiger partial charge in [0.25, 0.3) is 0 Å². The Kier molecular flexibility index (Phi) is 4.74. The number of methoxy groups -OCH3 is 1. The van der Waals surface area contributed by atoms with Crippen molar-refractivity contribution in [2.24, 2.45) is 5.92 Å². The number of aliphatic hydroxyl groups is 1. The predicted octanol–water partition coefficient (Wildman–Crippen LogP) is 2.35. The highest BCUT2D eigenvalue weighted by Crippen LogP contribution is 2.30. The smallest absolute Gasteiger partial charge is 0.0832 e. The zero-order valence-electron chi connectivity index (χ0n) is 8.83. The van der Waals surface area contributed by atoms with Crippen molar-refractivity contribution in [2.45, 2.75) is 57.7 Å². The molecule has 0 aromatic carbocycles. The summed E-state index contributed by atoms with van der Waals surface area (Å²) in [6.07, 6.45) is 6.83. The number of aliphatic hydroxyl groups excluding tert-OH is 1. The van der Waals surface area contributed by atoms with Crippen molar-refractivity contribution in [1.82, 2.24) is 0 Å². The van der Waals surface area contributed by atoms with E-state index in [0.29, 0.717) is 5.92 Å². The Balaban J connectivity index is 2.37. The molecule has 1 N–H and O–H groups in total. The van der Waals surface area contributed by atoms with Crippen LogP contribution in [0.3, 0.4) is 0 Å². The molecule has 0 saturated heterocycles. The molecule has 0 heterocycles. The third kappa shape index (κ3) is 2.96. The lowest BCUT2D eigenvalue weighted by Crippen LogP contribution is -2.33. The van der Waals surface area contributed by atoms with Gasteiger partial charge >= 0.3 is 0 Å². The molecule has 78 valence electrons. The Morgan fingerprint density at radius 2 is 2.00 bits per heavy atom. The average Bonchev–Trinajstić information content (AvgIpc) is 2.65. The Morgan fingerprint density at radius 3 is 2.46 bits per heavy atom. The molecule has 1 aliphatic rings. The highest BCUT2D eigenvalue weighted by atomic mass is 16.5. The first kappa shape index (κ1) is 11.0. The van der Waals surface area contributed by atoms with E-state index in [1.807, 2.05) is 0 Å². The van der Waals surface area contributed by atoms with Crippen LogP contribution >= 0.6 is 0 Å². The van der Waals surface area contributed by atoms with Gasteiger partial charge in [0.2, 0.25) is 0 Å².